The quantitative estimate of drug-likeness (QED) is 0.869. The number of carbonyl (C=O) groups excluding carboxylic acids is 1. The molecule has 0 saturated heterocycles. The average molecular weight is 349 g/mol. The third-order valence-electron chi connectivity index (χ3n) is 4.39. The van der Waals surface area contributed by atoms with Crippen LogP contribution in [0.5, 0.6) is 0 Å². The minimum absolute atomic E-state index is 0.0161. The highest BCUT2D eigenvalue weighted by molar-refractivity contribution is 5.69. The topological polar surface area (TPSA) is 38.3 Å². The number of carbonyl (C=O) groups is 1. The molecule has 0 spiro atoms. The molecule has 0 radical (unpaired) electrons. The first-order chi connectivity index (χ1) is 11.9. The molecule has 0 aliphatic heterocycles. The van der Waals surface area contributed by atoms with Gasteiger partial charge in [-0.1, -0.05) is 42.5 Å². The van der Waals surface area contributed by atoms with Crippen molar-refractivity contribution in [1.29, 1.82) is 0 Å². The Morgan fingerprint density at radius 3 is 2.08 bits per heavy atom. The van der Waals surface area contributed by atoms with E-state index in [1.807, 2.05) is 30.3 Å². The molecule has 0 bridgehead atoms. The number of alkyl carbamates (subject to hydrolysis) is 1. The monoisotopic (exact) mass is 349 g/mol. The zero-order chi connectivity index (χ0) is 18.0. The van der Waals surface area contributed by atoms with Crippen LogP contribution in [0.3, 0.4) is 0 Å². The molecule has 1 aliphatic carbocycles. The fourth-order valence-electron chi connectivity index (χ4n) is 3.20. The van der Waals surface area contributed by atoms with Crippen molar-refractivity contribution in [2.45, 2.75) is 31.0 Å². The molecule has 1 N–H and O–H groups in total. The van der Waals surface area contributed by atoms with Crippen LogP contribution < -0.4 is 5.32 Å². The van der Waals surface area contributed by atoms with E-state index < -0.39 is 17.8 Å². The summed E-state index contributed by atoms with van der Waals surface area (Å²) in [5.74, 6) is -0.0589. The molecular weight excluding hydrogens is 331 g/mol. The van der Waals surface area contributed by atoms with Gasteiger partial charge in [0, 0.05) is 17.9 Å². The summed E-state index contributed by atoms with van der Waals surface area (Å²) >= 11 is 0. The summed E-state index contributed by atoms with van der Waals surface area (Å²) in [6.45, 7) is 1.98. The van der Waals surface area contributed by atoms with Crippen molar-refractivity contribution in [1.82, 2.24) is 5.32 Å². The van der Waals surface area contributed by atoms with Gasteiger partial charge in [-0.2, -0.15) is 13.2 Å². The molecule has 2 aromatic rings. The Balaban J connectivity index is 1.83. The van der Waals surface area contributed by atoms with Gasteiger partial charge in [0.15, 0.2) is 0 Å². The molecule has 1 saturated carbocycles. The van der Waals surface area contributed by atoms with E-state index in [9.17, 15) is 18.0 Å². The number of ether oxygens (including phenoxy) is 1. The molecule has 3 atom stereocenters. The van der Waals surface area contributed by atoms with Crippen LogP contribution in [0.4, 0.5) is 18.0 Å². The first kappa shape index (κ1) is 17.3. The van der Waals surface area contributed by atoms with Crippen LogP contribution in [0.1, 0.15) is 35.4 Å². The second-order valence-electron chi connectivity index (χ2n) is 5.97. The Morgan fingerprint density at radius 1 is 1.00 bits per heavy atom. The van der Waals surface area contributed by atoms with E-state index in [4.69, 9.17) is 4.74 Å². The van der Waals surface area contributed by atoms with E-state index in [2.05, 4.69) is 5.32 Å². The summed E-state index contributed by atoms with van der Waals surface area (Å²) in [4.78, 5) is 11.8. The van der Waals surface area contributed by atoms with E-state index >= 15 is 0 Å². The standard InChI is InChI=1S/C19H18F3NO2/c1-2-25-18(24)23-17-15(12-6-4-3-5-7-12)16(17)13-8-10-14(11-9-13)19(20,21)22/h3-11,15-17H,2H2,1H3,(H,23,24)/t15-,16-,17?/m0/s1. The number of alkyl halides is 3. The normalized spacial score (nSPS) is 22.3. The predicted molar refractivity (Wildman–Crippen MR) is 87.3 cm³/mol. The van der Waals surface area contributed by atoms with Gasteiger partial charge in [-0.05, 0) is 30.2 Å². The Kier molecular flexibility index (Phi) is 4.70. The van der Waals surface area contributed by atoms with Crippen molar-refractivity contribution >= 4 is 6.09 Å². The highest BCUT2D eigenvalue weighted by Crippen LogP contribution is 2.55. The van der Waals surface area contributed by atoms with Crippen molar-refractivity contribution in [3.63, 3.8) is 0 Å². The van der Waals surface area contributed by atoms with Crippen LogP contribution in [-0.2, 0) is 10.9 Å². The lowest BCUT2D eigenvalue weighted by molar-refractivity contribution is -0.137. The largest absolute Gasteiger partial charge is 0.450 e. The second kappa shape index (κ2) is 6.78. The van der Waals surface area contributed by atoms with Gasteiger partial charge in [0.2, 0.25) is 0 Å². The molecule has 3 rings (SSSR count). The van der Waals surface area contributed by atoms with Gasteiger partial charge >= 0.3 is 12.3 Å². The Hall–Kier alpha value is -2.50. The molecule has 1 amide bonds. The number of hydrogen-bond donors (Lipinski definition) is 1. The lowest BCUT2D eigenvalue weighted by Crippen LogP contribution is -2.28. The van der Waals surface area contributed by atoms with Gasteiger partial charge in [0.05, 0.1) is 12.2 Å². The minimum atomic E-state index is -4.36. The van der Waals surface area contributed by atoms with Crippen LogP contribution in [0.2, 0.25) is 0 Å². The first-order valence-electron chi connectivity index (χ1n) is 8.07. The molecule has 3 nitrogen and oxygen atoms in total. The van der Waals surface area contributed by atoms with Crippen molar-refractivity contribution in [2.75, 3.05) is 6.61 Å². The van der Waals surface area contributed by atoms with Gasteiger partial charge in [0.1, 0.15) is 0 Å². The maximum Gasteiger partial charge on any atom is 0.416 e. The van der Waals surface area contributed by atoms with E-state index in [1.54, 1.807) is 6.92 Å². The number of hydrogen-bond acceptors (Lipinski definition) is 2. The predicted octanol–water partition coefficient (Wildman–Crippen LogP) is 4.70. The number of halogens is 3. The maximum atomic E-state index is 12.7. The Morgan fingerprint density at radius 2 is 1.56 bits per heavy atom. The lowest BCUT2D eigenvalue weighted by atomic mass is 10.0. The first-order valence-corrected chi connectivity index (χ1v) is 8.07. The lowest BCUT2D eigenvalue weighted by Gasteiger charge is -2.08. The summed E-state index contributed by atoms with van der Waals surface area (Å²) in [6, 6.07) is 14.5. The molecule has 1 aliphatic rings. The van der Waals surface area contributed by atoms with Crippen molar-refractivity contribution in [2.24, 2.45) is 0 Å². The molecule has 25 heavy (non-hydrogen) atoms. The van der Waals surface area contributed by atoms with E-state index in [-0.39, 0.29) is 24.5 Å². The summed E-state index contributed by atoms with van der Waals surface area (Å²) in [6.07, 6.45) is -4.87. The zero-order valence-corrected chi connectivity index (χ0v) is 13.6. The van der Waals surface area contributed by atoms with Crippen LogP contribution in [0.15, 0.2) is 54.6 Å². The van der Waals surface area contributed by atoms with Gasteiger partial charge < -0.3 is 10.1 Å². The van der Waals surface area contributed by atoms with E-state index in [1.165, 1.54) is 12.1 Å². The molecular formula is C19H18F3NO2. The Bertz CT molecular complexity index is 729. The van der Waals surface area contributed by atoms with Crippen molar-refractivity contribution < 1.29 is 22.7 Å². The minimum Gasteiger partial charge on any atom is -0.450 e. The van der Waals surface area contributed by atoms with Crippen molar-refractivity contribution in [3.8, 4) is 0 Å². The fourth-order valence-corrected chi connectivity index (χ4v) is 3.20. The SMILES string of the molecule is CCOC(=O)NC1[C@@H](c2ccccc2)[C@@H]1c1ccc(C(F)(F)F)cc1. The highest BCUT2D eigenvalue weighted by Gasteiger charge is 2.53. The van der Waals surface area contributed by atoms with Gasteiger partial charge in [0.25, 0.3) is 0 Å². The summed E-state index contributed by atoms with van der Waals surface area (Å²) in [5.41, 5.74) is 1.13. The molecule has 2 aromatic carbocycles. The molecule has 0 heterocycles. The third-order valence-corrected chi connectivity index (χ3v) is 4.39. The average Bonchev–Trinajstić information content (AvgIpc) is 3.28. The van der Waals surface area contributed by atoms with E-state index in [0.29, 0.717) is 0 Å². The van der Waals surface area contributed by atoms with Crippen LogP contribution in [0.25, 0.3) is 0 Å². The fraction of sp³-hybridized carbons (Fsp3) is 0.316. The summed E-state index contributed by atoms with van der Waals surface area (Å²) in [7, 11) is 0. The Labute approximate surface area is 143 Å². The summed E-state index contributed by atoms with van der Waals surface area (Å²) in [5, 5.41) is 2.81. The van der Waals surface area contributed by atoms with Gasteiger partial charge in [-0.3, -0.25) is 0 Å². The zero-order valence-electron chi connectivity index (χ0n) is 13.6. The molecule has 132 valence electrons. The number of nitrogens with one attached hydrogen (secondary N) is 1. The van der Waals surface area contributed by atoms with Crippen LogP contribution >= 0.6 is 0 Å². The second-order valence-corrected chi connectivity index (χ2v) is 5.97. The smallest absolute Gasteiger partial charge is 0.416 e. The number of rotatable bonds is 4. The number of benzene rings is 2. The van der Waals surface area contributed by atoms with Crippen molar-refractivity contribution in [3.05, 3.63) is 71.3 Å². The molecule has 0 aromatic heterocycles. The third kappa shape index (κ3) is 3.78. The van der Waals surface area contributed by atoms with Gasteiger partial charge in [-0.25, -0.2) is 4.79 Å². The van der Waals surface area contributed by atoms with Crippen LogP contribution in [-0.4, -0.2) is 18.7 Å². The maximum absolute atomic E-state index is 12.7. The molecule has 6 heteroatoms. The molecule has 1 fully saturated rings. The number of amides is 1. The highest BCUT2D eigenvalue weighted by atomic mass is 19.4. The van der Waals surface area contributed by atoms with Crippen LogP contribution in [0, 0.1) is 0 Å². The molecule has 1 unspecified atom stereocenters. The van der Waals surface area contributed by atoms with E-state index in [0.717, 1.165) is 23.3 Å². The summed E-state index contributed by atoms with van der Waals surface area (Å²) < 4.78 is 43.1. The van der Waals surface area contributed by atoms with Gasteiger partial charge in [-0.15, -0.1) is 0 Å².